The van der Waals surface area contributed by atoms with Crippen molar-refractivity contribution in [2.24, 2.45) is 17.3 Å². The number of pyridine rings is 1. The zero-order valence-electron chi connectivity index (χ0n) is 36.9. The van der Waals surface area contributed by atoms with Gasteiger partial charge in [0.1, 0.15) is 0 Å². The molecule has 4 aliphatic rings. The molecule has 1 saturated carbocycles. The number of fused-ring (bicyclic) bond motifs is 7. The highest BCUT2D eigenvalue weighted by Gasteiger charge is 2.45. The molecule has 1 aliphatic carbocycles. The molecule has 14 nitrogen and oxygen atoms in total. The van der Waals surface area contributed by atoms with E-state index in [1.165, 1.54) is 11.3 Å². The predicted octanol–water partition coefficient (Wildman–Crippen LogP) is 5.65. The third kappa shape index (κ3) is 9.43. The number of cyclic esters (lactones) is 1. The molecule has 3 aromatic heterocycles. The highest BCUT2D eigenvalue weighted by molar-refractivity contribution is 7.81. The fraction of sp³-hybridized carbons (Fsp3) is 0.568. The number of thiol groups is 1. The fourth-order valence-corrected chi connectivity index (χ4v) is 13.3. The number of amides is 2. The summed E-state index contributed by atoms with van der Waals surface area (Å²) in [5.74, 6) is -0.365. The molecule has 3 aliphatic heterocycles. The maximum Gasteiger partial charge on any atom is 0.307 e. The second kappa shape index (κ2) is 18.5. The van der Waals surface area contributed by atoms with Gasteiger partial charge in [-0.05, 0) is 76.3 Å². The quantitative estimate of drug-likeness (QED) is 0.0830. The van der Waals surface area contributed by atoms with Crippen LogP contribution in [0.15, 0.2) is 35.8 Å². The molecule has 3 fully saturated rings. The summed E-state index contributed by atoms with van der Waals surface area (Å²) in [7, 11) is 3.25. The summed E-state index contributed by atoms with van der Waals surface area (Å²) < 4.78 is 19.9. The van der Waals surface area contributed by atoms with Gasteiger partial charge in [-0.25, -0.2) is 4.98 Å². The number of methoxy groups -OCH3 is 2. The largest absolute Gasteiger partial charge is 0.465 e. The second-order valence-corrected chi connectivity index (χ2v) is 23.0. The normalized spacial score (nSPS) is 23.7. The molecule has 4 atom stereocenters. The van der Waals surface area contributed by atoms with Crippen LogP contribution in [0.1, 0.15) is 63.2 Å². The number of ether oxygens (including phenoxy) is 3. The lowest BCUT2D eigenvalue weighted by Crippen LogP contribution is -2.57. The molecular formula is C44H59N8O6S2Si2. The van der Waals surface area contributed by atoms with Gasteiger partial charge in [-0.3, -0.25) is 29.5 Å². The van der Waals surface area contributed by atoms with Crippen LogP contribution >= 0.6 is 24.0 Å². The molecule has 0 spiro atoms. The van der Waals surface area contributed by atoms with Crippen LogP contribution in [0.4, 0.5) is 10.5 Å². The van der Waals surface area contributed by atoms with E-state index in [0.717, 1.165) is 88.0 Å². The summed E-state index contributed by atoms with van der Waals surface area (Å²) in [6.45, 7) is 14.0. The number of carbonyl (C=O) groups is 3. The van der Waals surface area contributed by atoms with E-state index in [2.05, 4.69) is 81.9 Å². The van der Waals surface area contributed by atoms with Gasteiger partial charge in [0.25, 0.3) is 8.96 Å². The van der Waals surface area contributed by atoms with E-state index in [0.29, 0.717) is 45.0 Å². The molecule has 62 heavy (non-hydrogen) atoms. The first-order valence-electron chi connectivity index (χ1n) is 21.7. The molecule has 6 heterocycles. The Hall–Kier alpha value is -3.63. The number of benzene rings is 1. The number of nitrogens with zero attached hydrogens (tertiary/aromatic N) is 6. The first-order chi connectivity index (χ1) is 29.7. The Labute approximate surface area is 378 Å². The Balaban J connectivity index is 1.25. The average molecular weight is 916 g/mol. The number of thiazole rings is 1. The summed E-state index contributed by atoms with van der Waals surface area (Å²) in [4.78, 5) is 58.9. The third-order valence-corrected chi connectivity index (χ3v) is 17.5. The maximum absolute atomic E-state index is 14.3. The molecule has 8 rings (SSSR count). The van der Waals surface area contributed by atoms with Crippen molar-refractivity contribution in [2.75, 3.05) is 72.1 Å². The zero-order valence-corrected chi connectivity index (χ0v) is 40.6. The van der Waals surface area contributed by atoms with E-state index < -0.39 is 24.8 Å². The van der Waals surface area contributed by atoms with Crippen molar-refractivity contribution < 1.29 is 28.6 Å². The van der Waals surface area contributed by atoms with Gasteiger partial charge in [-0.15, -0.1) is 24.0 Å². The van der Waals surface area contributed by atoms with Crippen molar-refractivity contribution in [3.05, 3.63) is 52.1 Å². The summed E-state index contributed by atoms with van der Waals surface area (Å²) in [5.41, 5.74) is 6.73. The van der Waals surface area contributed by atoms with Gasteiger partial charge in [0.15, 0.2) is 14.6 Å². The Morgan fingerprint density at radius 1 is 1.18 bits per heavy atom. The van der Waals surface area contributed by atoms with Gasteiger partial charge < -0.3 is 33.6 Å². The first kappa shape index (κ1) is 45.0. The van der Waals surface area contributed by atoms with E-state index in [1.54, 1.807) is 19.2 Å². The lowest BCUT2D eigenvalue weighted by molar-refractivity contribution is -0.146. The Morgan fingerprint density at radius 3 is 2.71 bits per heavy atom. The molecule has 4 aromatic rings. The number of anilines is 1. The van der Waals surface area contributed by atoms with E-state index >= 15 is 0 Å². The number of aromatic nitrogens is 3. The van der Waals surface area contributed by atoms with Crippen molar-refractivity contribution in [2.45, 2.75) is 76.4 Å². The zero-order chi connectivity index (χ0) is 43.9. The molecule has 3 radical (unpaired) electrons. The number of hydrogen-bond donors (Lipinski definition) is 3. The van der Waals surface area contributed by atoms with Crippen LogP contribution in [0.3, 0.4) is 0 Å². The van der Waals surface area contributed by atoms with Gasteiger partial charge >= 0.3 is 5.97 Å². The van der Waals surface area contributed by atoms with Crippen LogP contribution in [0.5, 0.6) is 0 Å². The van der Waals surface area contributed by atoms with Crippen molar-refractivity contribution in [1.82, 2.24) is 34.5 Å². The minimum Gasteiger partial charge on any atom is -0.465 e. The number of hydrogen-bond acceptors (Lipinski definition) is 13. The Bertz CT molecular complexity index is 2310. The minimum absolute atomic E-state index is 0.0428. The molecule has 2 amide bonds. The summed E-state index contributed by atoms with van der Waals surface area (Å²) in [6.07, 6.45) is 4.53. The van der Waals surface area contributed by atoms with Crippen LogP contribution in [0.25, 0.3) is 33.4 Å². The molecule has 18 heteroatoms. The highest BCUT2D eigenvalue weighted by atomic mass is 32.1. The predicted molar refractivity (Wildman–Crippen MR) is 249 cm³/mol. The van der Waals surface area contributed by atoms with Crippen LogP contribution in [0.2, 0.25) is 5.54 Å². The number of carbonyl (C=O) groups excluding carboxylic acids is 3. The van der Waals surface area contributed by atoms with Crippen molar-refractivity contribution in [1.29, 1.82) is 0 Å². The molecule has 6 bridgehead atoms. The van der Waals surface area contributed by atoms with Gasteiger partial charge in [0.05, 0.1) is 46.1 Å². The number of rotatable bonds is 9. The summed E-state index contributed by atoms with van der Waals surface area (Å²) >= 11 is 6.55. The van der Waals surface area contributed by atoms with E-state index in [4.69, 9.17) is 36.8 Å². The maximum atomic E-state index is 14.3. The fourth-order valence-electron chi connectivity index (χ4n) is 8.92. The second-order valence-electron chi connectivity index (χ2n) is 18.1. The Kier molecular flexibility index (Phi) is 13.4. The first-order valence-corrected chi connectivity index (χ1v) is 25.8. The number of aryl methyl sites for hydroxylation is 1. The summed E-state index contributed by atoms with van der Waals surface area (Å²) in [5, 5.41) is 8.85. The van der Waals surface area contributed by atoms with Crippen LogP contribution in [-0.2, 0) is 47.7 Å². The monoisotopic (exact) mass is 915 g/mol. The van der Waals surface area contributed by atoms with Gasteiger partial charge in [0.2, 0.25) is 11.4 Å². The molecule has 2 N–H and O–H groups in total. The molecular weight excluding hydrogens is 857 g/mol. The van der Waals surface area contributed by atoms with Crippen LogP contribution in [0, 0.1) is 17.3 Å². The summed E-state index contributed by atoms with van der Waals surface area (Å²) in [6, 6.07) is 9.13. The number of likely N-dealkylation sites (N-methyl/N-ethyl adjacent to an activating group) is 1. The third-order valence-electron chi connectivity index (χ3n) is 12.7. The van der Waals surface area contributed by atoms with Crippen LogP contribution < -0.4 is 15.0 Å². The standard InChI is InChI=1S/C44H59N8O6S2Si2/c1-8-51-35-12-11-27-18-31(35)33(38(51)32-20-29(50-16-14-49(5)15-17-50)22-45-39(32)44(4,59)57-7)21-43(2,3)26-58-41(54)36-10-9-13-52(48-61-36)42(55)62(25-37-46-34(27)24-60-37)47-40(53)30-19-28(30)23-56-6/h11-12,18,20,22,24,28,30,36,48,59H,8-10,13-17,19,21,23,25-26H2,1-7H3,(H,47,53)/t28-,30+,36-,44+/m0/s1. The molecule has 0 unspecified atom stereocenters. The minimum atomic E-state index is -2.17. The number of piperazine rings is 1. The highest BCUT2D eigenvalue weighted by Crippen LogP contribution is 2.45. The van der Waals surface area contributed by atoms with Crippen molar-refractivity contribution >= 4 is 76.6 Å². The molecule has 1 aromatic carbocycles. The van der Waals surface area contributed by atoms with Crippen molar-refractivity contribution in [3.8, 4) is 22.5 Å². The van der Waals surface area contributed by atoms with E-state index in [9.17, 15) is 14.4 Å². The lowest BCUT2D eigenvalue weighted by atomic mass is 9.84. The van der Waals surface area contributed by atoms with Crippen LogP contribution in [-0.4, -0.2) is 128 Å². The molecule has 2 saturated heterocycles. The number of nitrogens with one attached hydrogen (secondary N) is 2. The average Bonchev–Trinajstić information content (AvgIpc) is 3.87. The van der Waals surface area contributed by atoms with Gasteiger partial charge in [-0.2, -0.15) is 0 Å². The van der Waals surface area contributed by atoms with Crippen molar-refractivity contribution in [3.63, 3.8) is 0 Å². The lowest BCUT2D eigenvalue weighted by Gasteiger charge is -2.35. The van der Waals surface area contributed by atoms with E-state index in [-0.39, 0.29) is 45.5 Å². The smallest absolute Gasteiger partial charge is 0.307 e. The SMILES string of the molecule is CCn1c(-c2cc(N3CCN(C)CC3)cnc2[C@@](C)(S)OC)c2c3cc(ccc31)-c1csc(n1)C[Si](NC(=O)[C@@H]1C[C@H]1COC)C(=O)N1CCC[C@H]([Si]N1)C(=O)OCC(C)(C)C2. The van der Waals surface area contributed by atoms with Gasteiger partial charge in [-0.1, -0.05) is 19.9 Å². The van der Waals surface area contributed by atoms with Gasteiger partial charge in [0, 0.05) is 105 Å². The number of esters is 1. The van der Waals surface area contributed by atoms with E-state index in [1.807, 2.05) is 13.1 Å². The molecule has 331 valence electrons. The number of hydrazine groups is 1. The Morgan fingerprint density at radius 2 is 1.97 bits per heavy atom. The topological polar surface area (TPSA) is 143 Å².